The average molecular weight is 326 g/mol. The number of amides is 2. The van der Waals surface area contributed by atoms with Gasteiger partial charge in [-0.05, 0) is 36.1 Å². The molecule has 5 nitrogen and oxygen atoms in total. The van der Waals surface area contributed by atoms with Gasteiger partial charge in [0.1, 0.15) is 0 Å². The smallest absolute Gasteiger partial charge is 0.251 e. The molecule has 0 spiro atoms. The van der Waals surface area contributed by atoms with Crippen molar-refractivity contribution in [2.45, 2.75) is 20.0 Å². The molecular formula is C19H22N2O3. The summed E-state index contributed by atoms with van der Waals surface area (Å²) in [7, 11) is 0. The van der Waals surface area contributed by atoms with Crippen molar-refractivity contribution in [1.29, 1.82) is 0 Å². The first-order valence-electron chi connectivity index (χ1n) is 7.89. The van der Waals surface area contributed by atoms with E-state index in [-0.39, 0.29) is 25.0 Å². The van der Waals surface area contributed by atoms with Crippen LogP contribution in [0.2, 0.25) is 0 Å². The minimum atomic E-state index is -0.247. The summed E-state index contributed by atoms with van der Waals surface area (Å²) in [5.74, 6) is -0.466. The van der Waals surface area contributed by atoms with Gasteiger partial charge in [0.15, 0.2) is 0 Å². The SMILES string of the molecule is Cc1ccccc1C(=O)NCC(=O)NCCc1ccc(CO)cc1. The molecule has 0 aromatic heterocycles. The van der Waals surface area contributed by atoms with Gasteiger partial charge < -0.3 is 15.7 Å². The molecule has 0 fully saturated rings. The normalized spacial score (nSPS) is 10.2. The summed E-state index contributed by atoms with van der Waals surface area (Å²) in [5, 5.41) is 14.4. The highest BCUT2D eigenvalue weighted by Gasteiger charge is 2.09. The number of hydrogen-bond acceptors (Lipinski definition) is 3. The maximum absolute atomic E-state index is 12.0. The molecule has 5 heteroatoms. The van der Waals surface area contributed by atoms with Crippen molar-refractivity contribution in [2.24, 2.45) is 0 Å². The first-order chi connectivity index (χ1) is 11.6. The first-order valence-corrected chi connectivity index (χ1v) is 7.89. The van der Waals surface area contributed by atoms with Crippen molar-refractivity contribution in [3.8, 4) is 0 Å². The Morgan fingerprint density at radius 3 is 2.29 bits per heavy atom. The molecule has 3 N–H and O–H groups in total. The maximum atomic E-state index is 12.0. The molecule has 126 valence electrons. The maximum Gasteiger partial charge on any atom is 0.251 e. The van der Waals surface area contributed by atoms with E-state index in [2.05, 4.69) is 10.6 Å². The van der Waals surface area contributed by atoms with Gasteiger partial charge in [-0.3, -0.25) is 9.59 Å². The molecular weight excluding hydrogens is 304 g/mol. The number of benzene rings is 2. The Morgan fingerprint density at radius 1 is 0.958 bits per heavy atom. The van der Waals surface area contributed by atoms with Gasteiger partial charge >= 0.3 is 0 Å². The summed E-state index contributed by atoms with van der Waals surface area (Å²) in [5.41, 5.74) is 3.40. The molecule has 0 saturated carbocycles. The number of nitrogens with one attached hydrogen (secondary N) is 2. The molecule has 0 bridgehead atoms. The molecule has 0 aliphatic heterocycles. The molecule has 0 heterocycles. The van der Waals surface area contributed by atoms with Crippen LogP contribution in [0, 0.1) is 6.92 Å². The number of rotatable bonds is 7. The fourth-order valence-corrected chi connectivity index (χ4v) is 2.30. The Kier molecular flexibility index (Phi) is 6.51. The van der Waals surface area contributed by atoms with E-state index in [1.807, 2.05) is 43.3 Å². The number of carbonyl (C=O) groups excluding carboxylic acids is 2. The number of aliphatic hydroxyl groups excluding tert-OH is 1. The van der Waals surface area contributed by atoms with Crippen LogP contribution in [-0.4, -0.2) is 30.0 Å². The van der Waals surface area contributed by atoms with Crippen molar-refractivity contribution < 1.29 is 14.7 Å². The second-order valence-electron chi connectivity index (χ2n) is 5.57. The van der Waals surface area contributed by atoms with Crippen LogP contribution >= 0.6 is 0 Å². The van der Waals surface area contributed by atoms with Crippen LogP contribution in [0.3, 0.4) is 0 Å². The number of carbonyl (C=O) groups is 2. The predicted molar refractivity (Wildman–Crippen MR) is 92.6 cm³/mol. The van der Waals surface area contributed by atoms with Crippen molar-refractivity contribution in [1.82, 2.24) is 10.6 Å². The van der Waals surface area contributed by atoms with E-state index >= 15 is 0 Å². The largest absolute Gasteiger partial charge is 0.392 e. The van der Waals surface area contributed by atoms with E-state index in [4.69, 9.17) is 5.11 Å². The van der Waals surface area contributed by atoms with Crippen LogP contribution in [0.1, 0.15) is 27.0 Å². The predicted octanol–water partition coefficient (Wildman–Crippen LogP) is 1.58. The third kappa shape index (κ3) is 5.21. The number of aliphatic hydroxyl groups is 1. The molecule has 0 unspecified atom stereocenters. The van der Waals surface area contributed by atoms with E-state index in [1.54, 1.807) is 12.1 Å². The Bertz CT molecular complexity index is 696. The van der Waals surface area contributed by atoms with Crippen LogP contribution in [0.25, 0.3) is 0 Å². The minimum absolute atomic E-state index is 0.0254. The van der Waals surface area contributed by atoms with Gasteiger partial charge in [0.05, 0.1) is 13.2 Å². The van der Waals surface area contributed by atoms with Gasteiger partial charge in [-0.1, -0.05) is 42.5 Å². The molecule has 2 aromatic rings. The molecule has 0 saturated heterocycles. The third-order valence-corrected chi connectivity index (χ3v) is 3.74. The summed E-state index contributed by atoms with van der Waals surface area (Å²) in [4.78, 5) is 23.8. The van der Waals surface area contributed by atoms with Gasteiger partial charge in [-0.2, -0.15) is 0 Å². The second kappa shape index (κ2) is 8.84. The Labute approximate surface area is 141 Å². The van der Waals surface area contributed by atoms with Crippen LogP contribution in [0.5, 0.6) is 0 Å². The van der Waals surface area contributed by atoms with E-state index in [1.165, 1.54) is 0 Å². The van der Waals surface area contributed by atoms with E-state index < -0.39 is 0 Å². The molecule has 0 atom stereocenters. The summed E-state index contributed by atoms with van der Waals surface area (Å²) in [6.45, 7) is 2.34. The third-order valence-electron chi connectivity index (χ3n) is 3.74. The molecule has 24 heavy (non-hydrogen) atoms. The summed E-state index contributed by atoms with van der Waals surface area (Å²) in [6, 6.07) is 14.8. The van der Waals surface area contributed by atoms with Gasteiger partial charge in [0.25, 0.3) is 5.91 Å². The first kappa shape index (κ1) is 17.7. The van der Waals surface area contributed by atoms with Crippen LogP contribution in [0.15, 0.2) is 48.5 Å². The minimum Gasteiger partial charge on any atom is -0.392 e. The quantitative estimate of drug-likeness (QED) is 0.723. The monoisotopic (exact) mass is 326 g/mol. The lowest BCUT2D eigenvalue weighted by atomic mass is 10.1. The lowest BCUT2D eigenvalue weighted by molar-refractivity contribution is -0.120. The Hall–Kier alpha value is -2.66. The summed E-state index contributed by atoms with van der Waals surface area (Å²) in [6.07, 6.45) is 0.698. The van der Waals surface area contributed by atoms with Gasteiger partial charge in [-0.15, -0.1) is 0 Å². The van der Waals surface area contributed by atoms with Gasteiger partial charge in [-0.25, -0.2) is 0 Å². The Balaban J connectivity index is 1.71. The fourth-order valence-electron chi connectivity index (χ4n) is 2.30. The highest BCUT2D eigenvalue weighted by Crippen LogP contribution is 2.06. The van der Waals surface area contributed by atoms with E-state index in [0.29, 0.717) is 18.5 Å². The second-order valence-corrected chi connectivity index (χ2v) is 5.57. The molecule has 0 radical (unpaired) electrons. The summed E-state index contributed by atoms with van der Waals surface area (Å²) < 4.78 is 0. The van der Waals surface area contributed by atoms with Crippen molar-refractivity contribution in [2.75, 3.05) is 13.1 Å². The Morgan fingerprint density at radius 2 is 1.62 bits per heavy atom. The highest BCUT2D eigenvalue weighted by molar-refractivity contribution is 5.97. The molecule has 0 aliphatic carbocycles. The zero-order chi connectivity index (χ0) is 17.4. The number of hydrogen-bond donors (Lipinski definition) is 3. The van der Waals surface area contributed by atoms with Crippen molar-refractivity contribution >= 4 is 11.8 Å². The zero-order valence-electron chi connectivity index (χ0n) is 13.7. The van der Waals surface area contributed by atoms with Crippen molar-refractivity contribution in [3.05, 3.63) is 70.8 Å². The van der Waals surface area contributed by atoms with Gasteiger partial charge in [0, 0.05) is 12.1 Å². The topological polar surface area (TPSA) is 78.4 Å². The van der Waals surface area contributed by atoms with E-state index in [0.717, 1.165) is 16.7 Å². The number of aryl methyl sites for hydroxylation is 1. The van der Waals surface area contributed by atoms with Crippen LogP contribution in [-0.2, 0) is 17.8 Å². The van der Waals surface area contributed by atoms with Crippen LogP contribution in [0.4, 0.5) is 0 Å². The zero-order valence-corrected chi connectivity index (χ0v) is 13.7. The lowest BCUT2D eigenvalue weighted by Gasteiger charge is -2.08. The van der Waals surface area contributed by atoms with Gasteiger partial charge in [0.2, 0.25) is 5.91 Å². The molecule has 2 aromatic carbocycles. The highest BCUT2D eigenvalue weighted by atomic mass is 16.3. The average Bonchev–Trinajstić information content (AvgIpc) is 2.60. The fraction of sp³-hybridized carbons (Fsp3) is 0.263. The lowest BCUT2D eigenvalue weighted by Crippen LogP contribution is -2.37. The standard InChI is InChI=1S/C19H22N2O3/c1-14-4-2-3-5-17(14)19(24)21-12-18(23)20-11-10-15-6-8-16(13-22)9-7-15/h2-9,22H,10-13H2,1H3,(H,20,23)(H,21,24). The summed E-state index contributed by atoms with van der Waals surface area (Å²) >= 11 is 0. The molecule has 2 amide bonds. The molecule has 0 aliphatic rings. The van der Waals surface area contributed by atoms with Crippen molar-refractivity contribution in [3.63, 3.8) is 0 Å². The van der Waals surface area contributed by atoms with E-state index in [9.17, 15) is 9.59 Å². The molecule has 2 rings (SSSR count). The van der Waals surface area contributed by atoms with Crippen LogP contribution < -0.4 is 10.6 Å².